The van der Waals surface area contributed by atoms with Crippen LogP contribution in [0.5, 0.6) is 5.75 Å². The number of aromatic nitrogens is 2. The first-order valence-electron chi connectivity index (χ1n) is 8.04. The van der Waals surface area contributed by atoms with Gasteiger partial charge in [0.05, 0.1) is 18.4 Å². The molecule has 0 aliphatic rings. The van der Waals surface area contributed by atoms with Crippen LogP contribution in [0.2, 0.25) is 0 Å². The van der Waals surface area contributed by atoms with Crippen LogP contribution in [0, 0.1) is 6.92 Å². The van der Waals surface area contributed by atoms with Crippen molar-refractivity contribution in [3.63, 3.8) is 0 Å². The Morgan fingerprint density at radius 3 is 2.58 bits per heavy atom. The number of methoxy groups -OCH3 is 1. The van der Waals surface area contributed by atoms with Crippen molar-refractivity contribution in [1.82, 2.24) is 9.97 Å². The van der Waals surface area contributed by atoms with Gasteiger partial charge in [0.15, 0.2) is 5.82 Å². The van der Waals surface area contributed by atoms with Crippen LogP contribution in [0.25, 0.3) is 11.4 Å². The molecule has 1 heterocycles. The topological polar surface area (TPSA) is 64.1 Å². The maximum Gasteiger partial charge on any atom is 0.259 e. The summed E-state index contributed by atoms with van der Waals surface area (Å²) in [5.74, 6) is 1.13. The number of rotatable bonds is 5. The van der Waals surface area contributed by atoms with Crippen LogP contribution in [-0.4, -0.2) is 29.2 Å². The molecule has 5 nitrogen and oxygen atoms in total. The average molecular weight is 365 g/mol. The summed E-state index contributed by atoms with van der Waals surface area (Å²) in [7, 11) is 1.62. The summed E-state index contributed by atoms with van der Waals surface area (Å²) in [4.78, 5) is 22.5. The number of carbonyl (C=O) groups is 1. The first-order chi connectivity index (χ1) is 12.6. The molecular formula is C20H19N3O2S. The van der Waals surface area contributed by atoms with Crippen LogP contribution in [0.3, 0.4) is 0 Å². The SMILES string of the molecule is COc1ccc(-c2ncc(C(=O)Nc3cccc(SC)c3)c(C)n2)cc1. The number of carbonyl (C=O) groups excluding carboxylic acids is 1. The molecule has 2 aromatic carbocycles. The van der Waals surface area contributed by atoms with E-state index in [1.807, 2.05) is 61.7 Å². The molecule has 132 valence electrons. The normalized spacial score (nSPS) is 10.4. The number of nitrogens with one attached hydrogen (secondary N) is 1. The van der Waals surface area contributed by atoms with Crippen LogP contribution in [0.4, 0.5) is 5.69 Å². The monoisotopic (exact) mass is 365 g/mol. The Labute approximate surface area is 156 Å². The second kappa shape index (κ2) is 8.01. The average Bonchev–Trinajstić information content (AvgIpc) is 2.68. The van der Waals surface area contributed by atoms with Gasteiger partial charge in [-0.05, 0) is 55.6 Å². The van der Waals surface area contributed by atoms with Gasteiger partial charge in [-0.15, -0.1) is 11.8 Å². The molecule has 0 spiro atoms. The highest BCUT2D eigenvalue weighted by atomic mass is 32.2. The molecule has 0 bridgehead atoms. The number of aryl methyl sites for hydroxylation is 1. The van der Waals surface area contributed by atoms with Gasteiger partial charge in [0.25, 0.3) is 5.91 Å². The van der Waals surface area contributed by atoms with Gasteiger partial charge in [0, 0.05) is 22.3 Å². The molecule has 26 heavy (non-hydrogen) atoms. The van der Waals surface area contributed by atoms with E-state index in [2.05, 4.69) is 15.3 Å². The van der Waals surface area contributed by atoms with Crippen LogP contribution >= 0.6 is 11.8 Å². The van der Waals surface area contributed by atoms with Crippen molar-refractivity contribution in [3.05, 3.63) is 66.0 Å². The Kier molecular flexibility index (Phi) is 5.53. The molecule has 0 aliphatic carbocycles. The third-order valence-corrected chi connectivity index (χ3v) is 4.63. The first-order valence-corrected chi connectivity index (χ1v) is 9.26. The molecule has 0 atom stereocenters. The first kappa shape index (κ1) is 17.9. The molecule has 1 amide bonds. The fraction of sp³-hybridized carbons (Fsp3) is 0.150. The minimum absolute atomic E-state index is 0.220. The van der Waals surface area contributed by atoms with E-state index in [0.29, 0.717) is 17.1 Å². The third-order valence-electron chi connectivity index (χ3n) is 3.90. The van der Waals surface area contributed by atoms with Gasteiger partial charge >= 0.3 is 0 Å². The predicted molar refractivity (Wildman–Crippen MR) is 105 cm³/mol. The molecular weight excluding hydrogens is 346 g/mol. The highest BCUT2D eigenvalue weighted by Crippen LogP contribution is 2.22. The van der Waals surface area contributed by atoms with Crippen LogP contribution in [-0.2, 0) is 0 Å². The molecule has 0 saturated carbocycles. The molecule has 3 rings (SSSR count). The van der Waals surface area contributed by atoms with Gasteiger partial charge in [0.1, 0.15) is 5.75 Å². The summed E-state index contributed by atoms with van der Waals surface area (Å²) in [6.45, 7) is 1.81. The molecule has 0 unspecified atom stereocenters. The summed E-state index contributed by atoms with van der Waals surface area (Å²) in [6, 6.07) is 15.2. The van der Waals surface area contributed by atoms with E-state index in [4.69, 9.17) is 4.74 Å². The largest absolute Gasteiger partial charge is 0.497 e. The van der Waals surface area contributed by atoms with Gasteiger partial charge in [-0.3, -0.25) is 4.79 Å². The molecule has 1 aromatic heterocycles. The van der Waals surface area contributed by atoms with E-state index in [0.717, 1.165) is 21.9 Å². The van der Waals surface area contributed by atoms with Crippen LogP contribution in [0.1, 0.15) is 16.1 Å². The Balaban J connectivity index is 1.80. The fourth-order valence-corrected chi connectivity index (χ4v) is 2.93. The number of ether oxygens (including phenoxy) is 1. The molecule has 0 aliphatic heterocycles. The summed E-state index contributed by atoms with van der Waals surface area (Å²) in [5.41, 5.74) is 2.70. The number of amides is 1. The van der Waals surface area contributed by atoms with Crippen molar-refractivity contribution < 1.29 is 9.53 Å². The number of thioether (sulfide) groups is 1. The predicted octanol–water partition coefficient (Wildman–Crippen LogP) is 4.43. The second-order valence-electron chi connectivity index (χ2n) is 5.61. The minimum Gasteiger partial charge on any atom is -0.497 e. The molecule has 0 saturated heterocycles. The summed E-state index contributed by atoms with van der Waals surface area (Å²) >= 11 is 1.63. The Morgan fingerprint density at radius 1 is 1.15 bits per heavy atom. The lowest BCUT2D eigenvalue weighted by Gasteiger charge is -2.09. The second-order valence-corrected chi connectivity index (χ2v) is 6.49. The molecule has 1 N–H and O–H groups in total. The molecule has 0 radical (unpaired) electrons. The number of benzene rings is 2. The Morgan fingerprint density at radius 2 is 1.92 bits per heavy atom. The van der Waals surface area contributed by atoms with Gasteiger partial charge in [-0.25, -0.2) is 9.97 Å². The smallest absolute Gasteiger partial charge is 0.259 e. The third kappa shape index (κ3) is 4.03. The fourth-order valence-electron chi connectivity index (χ4n) is 2.47. The van der Waals surface area contributed by atoms with Gasteiger partial charge < -0.3 is 10.1 Å². The molecule has 0 fully saturated rings. The quantitative estimate of drug-likeness (QED) is 0.678. The minimum atomic E-state index is -0.220. The van der Waals surface area contributed by atoms with E-state index >= 15 is 0 Å². The van der Waals surface area contributed by atoms with Crippen LogP contribution in [0.15, 0.2) is 59.6 Å². The van der Waals surface area contributed by atoms with E-state index < -0.39 is 0 Å². The lowest BCUT2D eigenvalue weighted by Crippen LogP contribution is -2.15. The standard InChI is InChI=1S/C20H19N3O2S/c1-13-18(20(24)23-15-5-4-6-17(11-15)26-3)12-21-19(22-13)14-7-9-16(25-2)10-8-14/h4-12H,1-3H3,(H,23,24). The number of nitrogens with zero attached hydrogens (tertiary/aromatic N) is 2. The number of hydrogen-bond acceptors (Lipinski definition) is 5. The summed E-state index contributed by atoms with van der Waals surface area (Å²) in [6.07, 6.45) is 3.56. The Hall–Kier alpha value is -2.86. The number of hydrogen-bond donors (Lipinski definition) is 1. The van der Waals surface area contributed by atoms with E-state index in [1.165, 1.54) is 0 Å². The maximum absolute atomic E-state index is 12.6. The zero-order valence-corrected chi connectivity index (χ0v) is 15.6. The lowest BCUT2D eigenvalue weighted by molar-refractivity contribution is 0.102. The van der Waals surface area contributed by atoms with E-state index in [-0.39, 0.29) is 5.91 Å². The van der Waals surface area contributed by atoms with E-state index in [1.54, 1.807) is 25.1 Å². The number of anilines is 1. The summed E-state index contributed by atoms with van der Waals surface area (Å²) in [5, 5.41) is 2.90. The highest BCUT2D eigenvalue weighted by Gasteiger charge is 2.13. The highest BCUT2D eigenvalue weighted by molar-refractivity contribution is 7.98. The van der Waals surface area contributed by atoms with Crippen molar-refractivity contribution in [2.45, 2.75) is 11.8 Å². The maximum atomic E-state index is 12.6. The molecule has 6 heteroatoms. The van der Waals surface area contributed by atoms with Gasteiger partial charge in [-0.1, -0.05) is 6.07 Å². The zero-order chi connectivity index (χ0) is 18.5. The summed E-state index contributed by atoms with van der Waals surface area (Å²) < 4.78 is 5.16. The van der Waals surface area contributed by atoms with Crippen molar-refractivity contribution in [1.29, 1.82) is 0 Å². The Bertz CT molecular complexity index is 927. The van der Waals surface area contributed by atoms with E-state index in [9.17, 15) is 4.79 Å². The molecule has 3 aromatic rings. The van der Waals surface area contributed by atoms with Crippen molar-refractivity contribution in [3.8, 4) is 17.1 Å². The zero-order valence-electron chi connectivity index (χ0n) is 14.8. The van der Waals surface area contributed by atoms with Crippen molar-refractivity contribution >= 4 is 23.4 Å². The van der Waals surface area contributed by atoms with Crippen molar-refractivity contribution in [2.24, 2.45) is 0 Å². The van der Waals surface area contributed by atoms with Gasteiger partial charge in [-0.2, -0.15) is 0 Å². The van der Waals surface area contributed by atoms with Crippen LogP contribution < -0.4 is 10.1 Å². The lowest BCUT2D eigenvalue weighted by atomic mass is 10.1. The van der Waals surface area contributed by atoms with Gasteiger partial charge in [0.2, 0.25) is 0 Å². The van der Waals surface area contributed by atoms with Crippen molar-refractivity contribution in [2.75, 3.05) is 18.7 Å².